The van der Waals surface area contributed by atoms with Gasteiger partial charge in [-0.05, 0) is 63.9 Å². The van der Waals surface area contributed by atoms with Gasteiger partial charge >= 0.3 is 11.7 Å². The summed E-state index contributed by atoms with van der Waals surface area (Å²) in [6.07, 6.45) is 3.21. The highest BCUT2D eigenvalue weighted by Crippen LogP contribution is 2.36. The Kier molecular flexibility index (Phi) is 6.08. The average molecular weight is 493 g/mol. The summed E-state index contributed by atoms with van der Waals surface area (Å²) in [6, 6.07) is 2.93. The van der Waals surface area contributed by atoms with Crippen LogP contribution in [0.3, 0.4) is 0 Å². The molecule has 2 aromatic heterocycles. The fourth-order valence-electron chi connectivity index (χ4n) is 5.93. The summed E-state index contributed by atoms with van der Waals surface area (Å²) < 4.78 is 6.24. The van der Waals surface area contributed by atoms with Crippen LogP contribution in [-0.2, 0) is 13.0 Å². The van der Waals surface area contributed by atoms with Crippen molar-refractivity contribution < 1.29 is 4.74 Å². The second-order valence-electron chi connectivity index (χ2n) is 10.4. The van der Waals surface area contributed by atoms with Crippen LogP contribution in [0.1, 0.15) is 35.2 Å². The fraction of sp³-hybridized carbons (Fsp3) is 0.577. The van der Waals surface area contributed by atoms with Gasteiger partial charge in [0.25, 0.3) is 0 Å². The van der Waals surface area contributed by atoms with Crippen molar-refractivity contribution in [3.05, 3.63) is 38.9 Å². The third kappa shape index (κ3) is 4.22. The van der Waals surface area contributed by atoms with E-state index >= 15 is 0 Å². The number of fused-ring (bicyclic) bond motifs is 2. The summed E-state index contributed by atoms with van der Waals surface area (Å²) in [4.78, 5) is 35.1. The Hall–Kier alpha value is -3.11. The van der Waals surface area contributed by atoms with Gasteiger partial charge in [0, 0.05) is 44.3 Å². The van der Waals surface area contributed by atoms with E-state index in [1.807, 2.05) is 6.07 Å². The minimum atomic E-state index is -0.176. The SMILES string of the molecule is Cc1cc2[nH]c(=O)[nH]c2c(N2CCc3c(nc(OC[C@@H]4CCCN4C)nc3N3CCNCC3)C2)c1C. The fourth-order valence-corrected chi connectivity index (χ4v) is 5.93. The Labute approximate surface area is 211 Å². The van der Waals surface area contributed by atoms with E-state index in [4.69, 9.17) is 14.7 Å². The molecule has 3 aromatic rings. The third-order valence-electron chi connectivity index (χ3n) is 8.13. The van der Waals surface area contributed by atoms with Gasteiger partial charge < -0.3 is 34.7 Å². The standard InChI is InChI=1S/C26H36N8O2/c1-16-13-20-22(30-25(35)28-20)23(17(16)2)34-10-6-19-21(14-34)29-26(36-15-18-5-4-9-32(18)3)31-24(19)33-11-7-27-8-12-33/h13,18,27H,4-12,14-15H2,1-3H3,(H2,28,30,35)/t18-/m0/s1. The van der Waals surface area contributed by atoms with Crippen molar-refractivity contribution in [3.8, 4) is 6.01 Å². The summed E-state index contributed by atoms with van der Waals surface area (Å²) in [5, 5.41) is 3.44. The molecule has 10 heteroatoms. The van der Waals surface area contributed by atoms with E-state index < -0.39 is 0 Å². The number of imidazole rings is 1. The Balaban J connectivity index is 1.36. The number of hydrogen-bond acceptors (Lipinski definition) is 8. The van der Waals surface area contributed by atoms with Crippen LogP contribution in [0.25, 0.3) is 11.0 Å². The number of likely N-dealkylation sites (N-methyl/N-ethyl adjacent to an activating group) is 1. The molecule has 0 amide bonds. The van der Waals surface area contributed by atoms with Crippen LogP contribution in [0.15, 0.2) is 10.9 Å². The van der Waals surface area contributed by atoms with E-state index in [9.17, 15) is 4.79 Å². The molecular weight excluding hydrogens is 456 g/mol. The zero-order chi connectivity index (χ0) is 24.8. The maximum atomic E-state index is 12.1. The van der Waals surface area contributed by atoms with E-state index in [0.29, 0.717) is 25.2 Å². The first-order valence-electron chi connectivity index (χ1n) is 13.1. The molecule has 0 unspecified atom stereocenters. The minimum absolute atomic E-state index is 0.176. The van der Waals surface area contributed by atoms with Crippen molar-refractivity contribution in [2.45, 2.75) is 45.7 Å². The molecule has 0 bridgehead atoms. The third-order valence-corrected chi connectivity index (χ3v) is 8.13. The number of nitrogens with one attached hydrogen (secondary N) is 3. The van der Waals surface area contributed by atoms with Crippen molar-refractivity contribution in [3.63, 3.8) is 0 Å². The summed E-state index contributed by atoms with van der Waals surface area (Å²) in [5.41, 5.74) is 7.19. The number of piperazine rings is 1. The maximum absolute atomic E-state index is 12.1. The number of aromatic nitrogens is 4. The van der Waals surface area contributed by atoms with Crippen LogP contribution in [-0.4, -0.2) is 83.8 Å². The van der Waals surface area contributed by atoms with Crippen molar-refractivity contribution >= 4 is 22.5 Å². The van der Waals surface area contributed by atoms with Gasteiger partial charge in [-0.1, -0.05) is 0 Å². The van der Waals surface area contributed by atoms with E-state index in [-0.39, 0.29) is 5.69 Å². The molecule has 0 spiro atoms. The first-order chi connectivity index (χ1) is 17.5. The van der Waals surface area contributed by atoms with E-state index in [2.05, 4.69) is 50.9 Å². The first-order valence-corrected chi connectivity index (χ1v) is 13.1. The highest BCUT2D eigenvalue weighted by Gasteiger charge is 2.29. The van der Waals surface area contributed by atoms with Crippen molar-refractivity contribution in [2.24, 2.45) is 0 Å². The molecule has 0 radical (unpaired) electrons. The molecule has 3 N–H and O–H groups in total. The molecule has 1 aromatic carbocycles. The number of anilines is 2. The maximum Gasteiger partial charge on any atom is 0.323 e. The number of benzene rings is 1. The first kappa shape index (κ1) is 23.3. The van der Waals surface area contributed by atoms with Crippen LogP contribution in [0.5, 0.6) is 6.01 Å². The molecule has 0 saturated carbocycles. The van der Waals surface area contributed by atoms with Crippen LogP contribution >= 0.6 is 0 Å². The molecule has 5 heterocycles. The zero-order valence-electron chi connectivity index (χ0n) is 21.5. The van der Waals surface area contributed by atoms with Crippen molar-refractivity contribution in [1.29, 1.82) is 0 Å². The molecule has 10 nitrogen and oxygen atoms in total. The summed E-state index contributed by atoms with van der Waals surface area (Å²) >= 11 is 0. The summed E-state index contributed by atoms with van der Waals surface area (Å²) in [7, 11) is 2.16. The number of likely N-dealkylation sites (tertiary alicyclic amines) is 1. The van der Waals surface area contributed by atoms with Crippen LogP contribution in [0, 0.1) is 13.8 Å². The molecule has 6 rings (SSSR count). The number of rotatable bonds is 5. The van der Waals surface area contributed by atoms with Gasteiger partial charge in [0.2, 0.25) is 0 Å². The predicted molar refractivity (Wildman–Crippen MR) is 141 cm³/mol. The highest BCUT2D eigenvalue weighted by atomic mass is 16.5. The molecule has 2 saturated heterocycles. The number of nitrogens with zero attached hydrogens (tertiary/aromatic N) is 5. The Bertz CT molecular complexity index is 1330. The molecule has 3 aliphatic heterocycles. The smallest absolute Gasteiger partial charge is 0.323 e. The van der Waals surface area contributed by atoms with Gasteiger partial charge in [-0.15, -0.1) is 0 Å². The van der Waals surface area contributed by atoms with Gasteiger partial charge in [-0.2, -0.15) is 9.97 Å². The van der Waals surface area contributed by atoms with Crippen molar-refractivity contribution in [1.82, 2.24) is 30.2 Å². The lowest BCUT2D eigenvalue weighted by atomic mass is 10.0. The largest absolute Gasteiger partial charge is 0.462 e. The molecular formula is C26H36N8O2. The summed E-state index contributed by atoms with van der Waals surface area (Å²) in [6.45, 7) is 11.2. The molecule has 192 valence electrons. The Morgan fingerprint density at radius 1 is 1.08 bits per heavy atom. The minimum Gasteiger partial charge on any atom is -0.462 e. The molecule has 3 aliphatic rings. The normalized spacial score (nSPS) is 20.8. The van der Waals surface area contributed by atoms with Gasteiger partial charge in [0.05, 0.1) is 29.0 Å². The van der Waals surface area contributed by atoms with E-state index in [1.165, 1.54) is 17.5 Å². The monoisotopic (exact) mass is 492 g/mol. The number of hydrogen-bond donors (Lipinski definition) is 3. The lowest BCUT2D eigenvalue weighted by Gasteiger charge is -2.36. The molecule has 1 atom stereocenters. The van der Waals surface area contributed by atoms with Crippen LogP contribution < -0.4 is 25.5 Å². The average Bonchev–Trinajstić information content (AvgIpc) is 3.46. The molecule has 2 fully saturated rings. The van der Waals surface area contributed by atoms with Gasteiger partial charge in [-0.25, -0.2) is 4.79 Å². The van der Waals surface area contributed by atoms with E-state index in [0.717, 1.165) is 85.9 Å². The number of aryl methyl sites for hydroxylation is 1. The Morgan fingerprint density at radius 2 is 1.92 bits per heavy atom. The van der Waals surface area contributed by atoms with Gasteiger partial charge in [-0.3, -0.25) is 0 Å². The lowest BCUT2D eigenvalue weighted by molar-refractivity contribution is 0.187. The molecule has 36 heavy (non-hydrogen) atoms. The number of H-pyrrole nitrogens is 2. The van der Waals surface area contributed by atoms with Gasteiger partial charge in [0.1, 0.15) is 12.4 Å². The van der Waals surface area contributed by atoms with Crippen LogP contribution in [0.2, 0.25) is 0 Å². The number of aromatic amines is 2. The molecule has 0 aliphatic carbocycles. The topological polar surface area (TPSA) is 105 Å². The Morgan fingerprint density at radius 3 is 2.69 bits per heavy atom. The van der Waals surface area contributed by atoms with E-state index in [1.54, 1.807) is 0 Å². The lowest BCUT2D eigenvalue weighted by Crippen LogP contribution is -2.45. The van der Waals surface area contributed by atoms with Gasteiger partial charge in [0.15, 0.2) is 0 Å². The summed E-state index contributed by atoms with van der Waals surface area (Å²) in [5.74, 6) is 1.03. The van der Waals surface area contributed by atoms with Crippen LogP contribution in [0.4, 0.5) is 11.5 Å². The quantitative estimate of drug-likeness (QED) is 0.495. The number of ether oxygens (including phenoxy) is 1. The highest BCUT2D eigenvalue weighted by molar-refractivity contribution is 5.91. The second kappa shape index (κ2) is 9.40. The van der Waals surface area contributed by atoms with Crippen molar-refractivity contribution in [2.75, 3.05) is 62.7 Å². The predicted octanol–water partition coefficient (Wildman–Crippen LogP) is 1.71. The second-order valence-corrected chi connectivity index (χ2v) is 10.4. The zero-order valence-corrected chi connectivity index (χ0v) is 21.5.